The van der Waals surface area contributed by atoms with E-state index in [0.717, 1.165) is 5.56 Å². The van der Waals surface area contributed by atoms with Crippen LogP contribution >= 0.6 is 11.8 Å². The van der Waals surface area contributed by atoms with Crippen molar-refractivity contribution in [3.05, 3.63) is 75.1 Å². The number of nitrogens with one attached hydrogen (secondary N) is 1. The number of ether oxygens (including phenoxy) is 2. The van der Waals surface area contributed by atoms with Crippen molar-refractivity contribution in [1.29, 1.82) is 0 Å². The van der Waals surface area contributed by atoms with Crippen molar-refractivity contribution in [1.82, 2.24) is 9.55 Å². The third kappa shape index (κ3) is 5.32. The Balaban J connectivity index is 1.67. The van der Waals surface area contributed by atoms with E-state index in [0.29, 0.717) is 39.4 Å². The molecule has 0 saturated heterocycles. The Morgan fingerprint density at radius 1 is 1.20 bits per heavy atom. The maximum Gasteiger partial charge on any atom is 0.279 e. The molecule has 1 aromatic heterocycles. The van der Waals surface area contributed by atoms with Crippen molar-refractivity contribution in [2.75, 3.05) is 19.0 Å². The molecule has 0 spiro atoms. The van der Waals surface area contributed by atoms with Crippen molar-refractivity contribution in [3.8, 4) is 11.5 Å². The summed E-state index contributed by atoms with van der Waals surface area (Å²) in [6.07, 6.45) is 0.0877. The molecule has 35 heavy (non-hydrogen) atoms. The van der Waals surface area contributed by atoms with E-state index in [1.54, 1.807) is 29.8 Å². The first-order valence-corrected chi connectivity index (χ1v) is 11.9. The molecule has 4 rings (SSSR count). The average molecular weight is 495 g/mol. The monoisotopic (exact) mass is 494 g/mol. The lowest BCUT2D eigenvalue weighted by Crippen LogP contribution is -2.33. The number of rotatable bonds is 8. The van der Waals surface area contributed by atoms with Gasteiger partial charge in [0.25, 0.3) is 11.5 Å². The van der Waals surface area contributed by atoms with Gasteiger partial charge in [0, 0.05) is 25.1 Å². The van der Waals surface area contributed by atoms with Gasteiger partial charge in [-0.05, 0) is 30.2 Å². The highest BCUT2D eigenvalue weighted by atomic mass is 32.2. The van der Waals surface area contributed by atoms with Crippen molar-refractivity contribution < 1.29 is 19.1 Å². The number of fused-ring (bicyclic) bond motifs is 1. The summed E-state index contributed by atoms with van der Waals surface area (Å²) in [5, 5.41) is 3.37. The van der Waals surface area contributed by atoms with Gasteiger partial charge in [0.1, 0.15) is 5.82 Å². The molecule has 2 amide bonds. The Labute approximate surface area is 206 Å². The number of benzene rings is 2. The molecule has 0 unspecified atom stereocenters. The number of carbonyl (C=O) groups is 2. The number of thioether (sulfide) groups is 1. The molecule has 182 valence electrons. The molecule has 1 atom stereocenters. The molecular formula is C25H26N4O5S. The molecule has 1 aliphatic rings. The number of carbonyl (C=O) groups excluding carboxylic acids is 2. The first kappa shape index (κ1) is 24.3. The SMILES string of the molecule is COc1cc([C@@H]2CC(=O)Nc3c2c(=O)nc(SCc2ccc(C)cc2)n3C)ccc1OCC(N)=O. The third-order valence-corrected chi connectivity index (χ3v) is 6.85. The van der Waals surface area contributed by atoms with Crippen LogP contribution in [-0.2, 0) is 22.4 Å². The minimum absolute atomic E-state index is 0.0877. The van der Waals surface area contributed by atoms with E-state index in [1.165, 1.54) is 24.4 Å². The Morgan fingerprint density at radius 3 is 2.63 bits per heavy atom. The topological polar surface area (TPSA) is 126 Å². The molecule has 0 saturated carbocycles. The molecule has 1 aliphatic heterocycles. The van der Waals surface area contributed by atoms with Crippen LogP contribution in [0.3, 0.4) is 0 Å². The van der Waals surface area contributed by atoms with Crippen LogP contribution in [0.1, 0.15) is 34.6 Å². The van der Waals surface area contributed by atoms with E-state index in [4.69, 9.17) is 15.2 Å². The highest BCUT2D eigenvalue weighted by molar-refractivity contribution is 7.98. The largest absolute Gasteiger partial charge is 0.493 e. The highest BCUT2D eigenvalue weighted by Gasteiger charge is 2.32. The smallest absolute Gasteiger partial charge is 0.279 e. The lowest BCUT2D eigenvalue weighted by molar-refractivity contribution is -0.120. The fraction of sp³-hybridized carbons (Fsp3) is 0.280. The Bertz CT molecular complexity index is 1340. The number of primary amides is 1. The lowest BCUT2D eigenvalue weighted by Gasteiger charge is -2.28. The van der Waals surface area contributed by atoms with Gasteiger partial charge in [-0.3, -0.25) is 14.4 Å². The number of nitrogens with two attached hydrogens (primary N) is 1. The van der Waals surface area contributed by atoms with Gasteiger partial charge >= 0.3 is 0 Å². The van der Waals surface area contributed by atoms with Gasteiger partial charge in [0.15, 0.2) is 23.3 Å². The highest BCUT2D eigenvalue weighted by Crippen LogP contribution is 2.39. The number of aromatic nitrogens is 2. The minimum Gasteiger partial charge on any atom is -0.493 e. The Hall–Kier alpha value is -3.79. The second kappa shape index (κ2) is 10.2. The zero-order valence-corrected chi connectivity index (χ0v) is 20.5. The van der Waals surface area contributed by atoms with Crippen LogP contribution in [0, 0.1) is 6.92 Å². The first-order chi connectivity index (χ1) is 16.8. The van der Waals surface area contributed by atoms with Gasteiger partial charge in [-0.15, -0.1) is 0 Å². The second-order valence-corrected chi connectivity index (χ2v) is 9.21. The van der Waals surface area contributed by atoms with Gasteiger partial charge in [0.05, 0.1) is 12.7 Å². The van der Waals surface area contributed by atoms with Crippen molar-refractivity contribution in [2.45, 2.75) is 30.2 Å². The summed E-state index contributed by atoms with van der Waals surface area (Å²) in [6, 6.07) is 13.2. The summed E-state index contributed by atoms with van der Waals surface area (Å²) in [6.45, 7) is 1.74. The number of nitrogens with zero attached hydrogens (tertiary/aromatic N) is 2. The molecule has 2 heterocycles. The van der Waals surface area contributed by atoms with E-state index < -0.39 is 11.8 Å². The number of hydrogen-bond acceptors (Lipinski definition) is 7. The molecule has 2 aromatic carbocycles. The van der Waals surface area contributed by atoms with Gasteiger partial charge in [-0.25, -0.2) is 0 Å². The Morgan fingerprint density at radius 2 is 1.94 bits per heavy atom. The maximum atomic E-state index is 13.2. The van der Waals surface area contributed by atoms with Gasteiger partial charge in [-0.1, -0.05) is 47.7 Å². The maximum absolute atomic E-state index is 13.2. The predicted octanol–water partition coefficient (Wildman–Crippen LogP) is 2.73. The van der Waals surface area contributed by atoms with E-state index in [-0.39, 0.29) is 24.5 Å². The molecule has 3 N–H and O–H groups in total. The molecule has 0 bridgehead atoms. The minimum atomic E-state index is -0.611. The van der Waals surface area contributed by atoms with Crippen LogP contribution in [0.25, 0.3) is 0 Å². The van der Waals surface area contributed by atoms with Crippen molar-refractivity contribution in [3.63, 3.8) is 0 Å². The number of amides is 2. The summed E-state index contributed by atoms with van der Waals surface area (Å²) in [7, 11) is 3.25. The second-order valence-electron chi connectivity index (χ2n) is 8.27. The van der Waals surface area contributed by atoms with Gasteiger partial charge in [-0.2, -0.15) is 4.98 Å². The molecule has 3 aromatic rings. The summed E-state index contributed by atoms with van der Waals surface area (Å²) in [5.74, 6) is 0.452. The van der Waals surface area contributed by atoms with Gasteiger partial charge in [0.2, 0.25) is 5.91 Å². The number of methoxy groups -OCH3 is 1. The van der Waals surface area contributed by atoms with E-state index >= 15 is 0 Å². The summed E-state index contributed by atoms with van der Waals surface area (Å²) < 4.78 is 12.5. The average Bonchev–Trinajstić information content (AvgIpc) is 2.84. The lowest BCUT2D eigenvalue weighted by atomic mass is 9.86. The zero-order chi connectivity index (χ0) is 25.1. The van der Waals surface area contributed by atoms with Crippen LogP contribution in [0.5, 0.6) is 11.5 Å². The molecule has 9 nitrogen and oxygen atoms in total. The predicted molar refractivity (Wildman–Crippen MR) is 133 cm³/mol. The van der Waals surface area contributed by atoms with E-state index in [2.05, 4.69) is 10.3 Å². The molecule has 0 radical (unpaired) electrons. The Kier molecular flexibility index (Phi) is 7.11. The van der Waals surface area contributed by atoms with Crippen LogP contribution < -0.4 is 26.1 Å². The molecule has 10 heteroatoms. The summed E-state index contributed by atoms with van der Waals surface area (Å²) in [5.41, 5.74) is 8.17. The fourth-order valence-corrected chi connectivity index (χ4v) is 4.87. The van der Waals surface area contributed by atoms with Crippen LogP contribution in [-0.4, -0.2) is 35.1 Å². The summed E-state index contributed by atoms with van der Waals surface area (Å²) >= 11 is 1.43. The molecular weight excluding hydrogens is 468 g/mol. The first-order valence-electron chi connectivity index (χ1n) is 10.9. The summed E-state index contributed by atoms with van der Waals surface area (Å²) in [4.78, 5) is 41.2. The third-order valence-electron chi connectivity index (χ3n) is 5.75. The molecule has 0 aliphatic carbocycles. The van der Waals surface area contributed by atoms with Crippen LogP contribution in [0.4, 0.5) is 5.82 Å². The molecule has 0 fully saturated rings. The zero-order valence-electron chi connectivity index (χ0n) is 19.7. The fourth-order valence-electron chi connectivity index (χ4n) is 3.95. The standard InChI is InChI=1S/C25H26N4O5S/c1-14-4-6-15(7-5-14)13-35-25-28-24(32)22-17(11-21(31)27-23(22)29(25)2)16-8-9-18(19(10-16)33-3)34-12-20(26)30/h4-10,17H,11-13H2,1-3H3,(H2,26,30)(H,27,31)/t17-/m0/s1. The number of anilines is 1. The number of hydrogen-bond donors (Lipinski definition) is 2. The van der Waals surface area contributed by atoms with E-state index in [9.17, 15) is 14.4 Å². The van der Waals surface area contributed by atoms with Crippen molar-refractivity contribution in [2.24, 2.45) is 12.8 Å². The van der Waals surface area contributed by atoms with Crippen LogP contribution in [0.15, 0.2) is 52.4 Å². The van der Waals surface area contributed by atoms with Gasteiger partial charge < -0.3 is 25.1 Å². The number of aryl methyl sites for hydroxylation is 1. The quantitative estimate of drug-likeness (QED) is 0.364. The van der Waals surface area contributed by atoms with E-state index in [1.807, 2.05) is 31.2 Å². The normalized spacial score (nSPS) is 14.7. The van der Waals surface area contributed by atoms with Crippen LogP contribution in [0.2, 0.25) is 0 Å². The van der Waals surface area contributed by atoms with Crippen molar-refractivity contribution >= 4 is 29.4 Å².